The van der Waals surface area contributed by atoms with Crippen LogP contribution in [0.1, 0.15) is 5.69 Å². The first-order chi connectivity index (χ1) is 13.9. The third kappa shape index (κ3) is 7.73. The lowest BCUT2D eigenvalue weighted by Gasteiger charge is -2.19. The van der Waals surface area contributed by atoms with Crippen LogP contribution in [-0.2, 0) is 0 Å². The van der Waals surface area contributed by atoms with Gasteiger partial charge in [-0.15, -0.1) is 13.2 Å². The molecule has 0 spiro atoms. The van der Waals surface area contributed by atoms with E-state index < -0.39 is 0 Å². The van der Waals surface area contributed by atoms with Gasteiger partial charge in [0.05, 0.1) is 10.0 Å². The maximum atomic E-state index is 6.01. The lowest BCUT2D eigenvalue weighted by Crippen LogP contribution is -2.29. The van der Waals surface area contributed by atoms with Gasteiger partial charge in [0, 0.05) is 43.6 Å². The molecule has 9 heteroatoms. The molecular weight excluding hydrogens is 409 g/mol. The molecule has 154 valence electrons. The summed E-state index contributed by atoms with van der Waals surface area (Å²) in [6, 6.07) is 6.94. The minimum Gasteiger partial charge on any atom is -0.369 e. The van der Waals surface area contributed by atoms with Crippen LogP contribution in [0.2, 0.25) is 10.0 Å². The number of nitrogens with zero attached hydrogens (tertiary/aromatic N) is 4. The summed E-state index contributed by atoms with van der Waals surface area (Å²) in [4.78, 5) is 15.2. The molecule has 0 unspecified atom stereocenters. The number of hydrogen-bond donors (Lipinski definition) is 3. The van der Waals surface area contributed by atoms with Gasteiger partial charge in [-0.25, -0.2) is 4.98 Å². The molecule has 0 bridgehead atoms. The fraction of sp³-hybridized carbons (Fsp3) is 0.250. The predicted octanol–water partition coefficient (Wildman–Crippen LogP) is 4.24. The lowest BCUT2D eigenvalue weighted by atomic mass is 10.3. The van der Waals surface area contributed by atoms with E-state index in [-0.39, 0.29) is 11.9 Å². The Balaban J connectivity index is 2.03. The van der Waals surface area contributed by atoms with E-state index in [1.807, 2.05) is 25.1 Å². The third-order valence-electron chi connectivity index (χ3n) is 3.76. The van der Waals surface area contributed by atoms with Gasteiger partial charge in [0.1, 0.15) is 5.82 Å². The van der Waals surface area contributed by atoms with Gasteiger partial charge in [-0.05, 0) is 25.1 Å². The number of aryl methyl sites for hydroxylation is 1. The maximum absolute atomic E-state index is 6.01. The van der Waals surface area contributed by atoms with Gasteiger partial charge in [0.15, 0.2) is 0 Å². The third-order valence-corrected chi connectivity index (χ3v) is 4.50. The van der Waals surface area contributed by atoms with E-state index in [1.54, 1.807) is 18.2 Å². The SMILES string of the molecule is C=CCN(CC=C)CCNc1cc(C)nc(/N=C(\N)Nc2ccc(Cl)c(Cl)c2)n1. The molecule has 0 fully saturated rings. The van der Waals surface area contributed by atoms with E-state index in [4.69, 9.17) is 28.9 Å². The molecule has 0 aliphatic carbocycles. The summed E-state index contributed by atoms with van der Waals surface area (Å²) >= 11 is 11.9. The second kappa shape index (κ2) is 11.4. The Hall–Kier alpha value is -2.61. The molecule has 2 aromatic rings. The maximum Gasteiger partial charge on any atom is 0.254 e. The average Bonchev–Trinajstić information content (AvgIpc) is 2.64. The largest absolute Gasteiger partial charge is 0.369 e. The summed E-state index contributed by atoms with van der Waals surface area (Å²) in [5.74, 6) is 1.07. The van der Waals surface area contributed by atoms with E-state index in [9.17, 15) is 0 Å². The highest BCUT2D eigenvalue weighted by Crippen LogP contribution is 2.25. The quantitative estimate of drug-likeness (QED) is 0.294. The summed E-state index contributed by atoms with van der Waals surface area (Å²) in [7, 11) is 0. The van der Waals surface area contributed by atoms with E-state index in [2.05, 4.69) is 43.7 Å². The number of aliphatic imine (C=N–C) groups is 1. The number of nitrogens with two attached hydrogens (primary N) is 1. The van der Waals surface area contributed by atoms with Crippen LogP contribution in [0.15, 0.2) is 54.6 Å². The summed E-state index contributed by atoms with van der Waals surface area (Å²) in [6.45, 7) is 12.5. The minimum atomic E-state index is 0.142. The van der Waals surface area contributed by atoms with Crippen molar-refractivity contribution in [3.8, 4) is 0 Å². The average molecular weight is 434 g/mol. The molecular formula is C20H25Cl2N7. The van der Waals surface area contributed by atoms with Crippen LogP contribution in [0.4, 0.5) is 17.5 Å². The summed E-state index contributed by atoms with van der Waals surface area (Å²) in [5, 5.41) is 7.11. The number of benzene rings is 1. The molecule has 1 heterocycles. The Kier molecular flexibility index (Phi) is 8.92. The Morgan fingerprint density at radius 1 is 1.17 bits per heavy atom. The van der Waals surface area contributed by atoms with Crippen LogP contribution >= 0.6 is 23.2 Å². The molecule has 0 atom stereocenters. The molecule has 1 aromatic heterocycles. The monoisotopic (exact) mass is 433 g/mol. The van der Waals surface area contributed by atoms with E-state index in [0.717, 1.165) is 25.3 Å². The smallest absolute Gasteiger partial charge is 0.254 e. The molecule has 0 saturated heterocycles. The number of aromatic nitrogens is 2. The molecule has 29 heavy (non-hydrogen) atoms. The highest BCUT2D eigenvalue weighted by atomic mass is 35.5. The van der Waals surface area contributed by atoms with Crippen molar-refractivity contribution < 1.29 is 0 Å². The van der Waals surface area contributed by atoms with E-state index in [1.165, 1.54) is 0 Å². The zero-order valence-electron chi connectivity index (χ0n) is 16.3. The van der Waals surface area contributed by atoms with Crippen LogP contribution in [-0.4, -0.2) is 47.0 Å². The summed E-state index contributed by atoms with van der Waals surface area (Å²) in [5.41, 5.74) is 7.41. The fourth-order valence-electron chi connectivity index (χ4n) is 2.52. The van der Waals surface area contributed by atoms with Crippen molar-refractivity contribution in [1.29, 1.82) is 0 Å². The Bertz CT molecular complexity index is 873. The zero-order valence-corrected chi connectivity index (χ0v) is 17.8. The molecule has 0 aliphatic heterocycles. The standard InChI is InChI=1S/C20H25Cl2N7/c1-4-9-29(10-5-2)11-8-24-18-12-14(3)25-20(27-18)28-19(23)26-15-6-7-16(21)17(22)13-15/h4-7,12-13H,1-2,8-11H2,3H3,(H4,23,24,25,26,27,28). The number of rotatable bonds is 10. The fourth-order valence-corrected chi connectivity index (χ4v) is 2.81. The van der Waals surface area contributed by atoms with Crippen molar-refractivity contribution in [2.24, 2.45) is 10.7 Å². The number of halogens is 2. The van der Waals surface area contributed by atoms with Gasteiger partial charge in [-0.1, -0.05) is 35.4 Å². The van der Waals surface area contributed by atoms with Gasteiger partial charge >= 0.3 is 0 Å². The number of nitrogens with one attached hydrogen (secondary N) is 2. The summed E-state index contributed by atoms with van der Waals surface area (Å²) < 4.78 is 0. The van der Waals surface area contributed by atoms with E-state index >= 15 is 0 Å². The Morgan fingerprint density at radius 3 is 2.55 bits per heavy atom. The van der Waals surface area contributed by atoms with Crippen molar-refractivity contribution in [3.05, 3.63) is 65.3 Å². The molecule has 2 rings (SSSR count). The highest BCUT2D eigenvalue weighted by molar-refractivity contribution is 6.42. The zero-order chi connectivity index (χ0) is 21.2. The molecule has 0 saturated carbocycles. The first-order valence-electron chi connectivity index (χ1n) is 9.01. The molecule has 4 N–H and O–H groups in total. The molecule has 7 nitrogen and oxygen atoms in total. The lowest BCUT2D eigenvalue weighted by molar-refractivity contribution is 0.349. The van der Waals surface area contributed by atoms with Crippen molar-refractivity contribution in [2.45, 2.75) is 6.92 Å². The van der Waals surface area contributed by atoms with Crippen LogP contribution in [0, 0.1) is 6.92 Å². The van der Waals surface area contributed by atoms with Crippen molar-refractivity contribution in [3.63, 3.8) is 0 Å². The molecule has 1 aromatic carbocycles. The molecule has 0 radical (unpaired) electrons. The number of anilines is 2. The molecule has 0 amide bonds. The van der Waals surface area contributed by atoms with Crippen molar-refractivity contribution >= 4 is 46.6 Å². The first-order valence-corrected chi connectivity index (χ1v) is 9.76. The van der Waals surface area contributed by atoms with Gasteiger partial charge in [0.25, 0.3) is 5.95 Å². The second-order valence-corrected chi connectivity index (χ2v) is 7.02. The Morgan fingerprint density at radius 2 is 1.90 bits per heavy atom. The van der Waals surface area contributed by atoms with Crippen LogP contribution in [0.25, 0.3) is 0 Å². The van der Waals surface area contributed by atoms with E-state index in [0.29, 0.717) is 28.1 Å². The van der Waals surface area contributed by atoms with Crippen LogP contribution in [0.5, 0.6) is 0 Å². The minimum absolute atomic E-state index is 0.142. The highest BCUT2D eigenvalue weighted by Gasteiger charge is 2.05. The van der Waals surface area contributed by atoms with Gasteiger partial charge < -0.3 is 16.4 Å². The van der Waals surface area contributed by atoms with Gasteiger partial charge in [-0.3, -0.25) is 4.90 Å². The molecule has 0 aliphatic rings. The topological polar surface area (TPSA) is 91.5 Å². The van der Waals surface area contributed by atoms with Gasteiger partial charge in [-0.2, -0.15) is 9.98 Å². The van der Waals surface area contributed by atoms with Crippen molar-refractivity contribution in [1.82, 2.24) is 14.9 Å². The first kappa shape index (κ1) is 22.7. The number of hydrogen-bond acceptors (Lipinski definition) is 5. The second-order valence-electron chi connectivity index (χ2n) is 6.21. The van der Waals surface area contributed by atoms with Crippen molar-refractivity contribution in [2.75, 3.05) is 36.8 Å². The van der Waals surface area contributed by atoms with Crippen LogP contribution < -0.4 is 16.4 Å². The summed E-state index contributed by atoms with van der Waals surface area (Å²) in [6.07, 6.45) is 3.74. The van der Waals surface area contributed by atoms with Gasteiger partial charge in [0.2, 0.25) is 5.96 Å². The normalized spacial score (nSPS) is 11.4. The predicted molar refractivity (Wildman–Crippen MR) is 123 cm³/mol. The Labute approximate surface area is 181 Å². The van der Waals surface area contributed by atoms with Crippen LogP contribution in [0.3, 0.4) is 0 Å². The number of guanidine groups is 1.